The van der Waals surface area contributed by atoms with E-state index in [-0.39, 0.29) is 24.0 Å². The minimum atomic E-state index is -3.19. The number of aromatic nitrogens is 2. The molecule has 2 aromatic rings. The Morgan fingerprint density at radius 3 is 2.79 bits per heavy atom. The second-order valence-corrected chi connectivity index (χ2v) is 11.5. The van der Waals surface area contributed by atoms with Crippen molar-refractivity contribution in [1.29, 1.82) is 0 Å². The van der Waals surface area contributed by atoms with E-state index in [9.17, 15) is 13.9 Å². The van der Waals surface area contributed by atoms with Crippen molar-refractivity contribution < 1.29 is 23.4 Å². The van der Waals surface area contributed by atoms with Gasteiger partial charge in [0.25, 0.3) is 5.91 Å². The summed E-state index contributed by atoms with van der Waals surface area (Å²) >= 11 is 0. The molecule has 4 rings (SSSR count). The molecule has 0 radical (unpaired) electrons. The van der Waals surface area contributed by atoms with Gasteiger partial charge in [0.1, 0.15) is 27.6 Å². The highest BCUT2D eigenvalue weighted by molar-refractivity contribution is 8.26. The molecule has 1 aromatic carbocycles. The SMILES string of the molecule is C#CCOc1cnc(C(=O)Nc2ccc3c(c2)[C@@]2(C)N=C(N)C(C)(C)S(O)(O)[C@@H]2CCO3)cn1. The Kier molecular flexibility index (Phi) is 5.93. The molecular weight excluding hydrogens is 458 g/mol. The zero-order valence-corrected chi connectivity index (χ0v) is 19.9. The fraction of sp³-hybridized carbons (Fsp3) is 0.391. The van der Waals surface area contributed by atoms with Crippen LogP contribution in [0.25, 0.3) is 0 Å². The Labute approximate surface area is 199 Å². The number of carbonyl (C=O) groups is 1. The van der Waals surface area contributed by atoms with Gasteiger partial charge in [-0.2, -0.15) is 10.6 Å². The average molecular weight is 486 g/mol. The van der Waals surface area contributed by atoms with E-state index in [1.165, 1.54) is 12.4 Å². The fourth-order valence-electron chi connectivity index (χ4n) is 4.19. The maximum Gasteiger partial charge on any atom is 0.275 e. The maximum atomic E-state index is 12.7. The van der Waals surface area contributed by atoms with Crippen molar-refractivity contribution in [3.8, 4) is 24.0 Å². The Morgan fingerprint density at radius 1 is 1.35 bits per heavy atom. The number of terminal acetylenes is 1. The monoisotopic (exact) mass is 485 g/mol. The second kappa shape index (κ2) is 8.47. The van der Waals surface area contributed by atoms with Crippen LogP contribution in [-0.2, 0) is 5.54 Å². The lowest BCUT2D eigenvalue weighted by Crippen LogP contribution is -2.56. The molecule has 2 aliphatic rings. The van der Waals surface area contributed by atoms with Crippen LogP contribution in [0.3, 0.4) is 0 Å². The van der Waals surface area contributed by atoms with Gasteiger partial charge in [0.2, 0.25) is 5.88 Å². The number of amides is 1. The Balaban J connectivity index is 1.67. The van der Waals surface area contributed by atoms with Crippen molar-refractivity contribution in [2.75, 3.05) is 18.5 Å². The van der Waals surface area contributed by atoms with Crippen LogP contribution in [-0.4, -0.2) is 54.0 Å². The molecule has 0 saturated heterocycles. The van der Waals surface area contributed by atoms with E-state index in [1.54, 1.807) is 32.0 Å². The first-order chi connectivity index (χ1) is 16.0. The minimum absolute atomic E-state index is 0.0477. The molecule has 0 unspecified atom stereocenters. The van der Waals surface area contributed by atoms with Crippen molar-refractivity contribution in [3.05, 3.63) is 41.9 Å². The fourth-order valence-corrected chi connectivity index (χ4v) is 6.50. The van der Waals surface area contributed by atoms with E-state index >= 15 is 0 Å². The molecule has 2 aliphatic heterocycles. The average Bonchev–Trinajstić information content (AvgIpc) is 2.94. The van der Waals surface area contributed by atoms with Crippen LogP contribution in [0.15, 0.2) is 35.6 Å². The third-order valence-corrected chi connectivity index (χ3v) is 9.53. The van der Waals surface area contributed by atoms with Crippen LogP contribution in [0.5, 0.6) is 11.6 Å². The first-order valence-corrected chi connectivity index (χ1v) is 12.2. The van der Waals surface area contributed by atoms with Gasteiger partial charge in [-0.3, -0.25) is 18.9 Å². The van der Waals surface area contributed by atoms with Gasteiger partial charge in [0, 0.05) is 17.7 Å². The van der Waals surface area contributed by atoms with E-state index in [2.05, 4.69) is 21.2 Å². The van der Waals surface area contributed by atoms with Gasteiger partial charge in [-0.15, -0.1) is 6.42 Å². The van der Waals surface area contributed by atoms with E-state index in [1.807, 2.05) is 6.92 Å². The number of anilines is 1. The van der Waals surface area contributed by atoms with Crippen molar-refractivity contribution >= 4 is 28.0 Å². The number of hydrogen-bond acceptors (Lipinski definition) is 9. The molecule has 5 N–H and O–H groups in total. The Bertz CT molecular complexity index is 1190. The van der Waals surface area contributed by atoms with Gasteiger partial charge >= 0.3 is 0 Å². The molecule has 180 valence electrons. The number of fused-ring (bicyclic) bond motifs is 3. The number of hydrogen-bond donors (Lipinski definition) is 4. The molecule has 1 aromatic heterocycles. The summed E-state index contributed by atoms with van der Waals surface area (Å²) in [6.45, 7) is 5.53. The van der Waals surface area contributed by atoms with Gasteiger partial charge in [0.05, 0.1) is 24.3 Å². The zero-order chi connectivity index (χ0) is 24.7. The third-order valence-electron chi connectivity index (χ3n) is 6.33. The predicted octanol–water partition coefficient (Wildman–Crippen LogP) is 3.01. The predicted molar refractivity (Wildman–Crippen MR) is 131 cm³/mol. The van der Waals surface area contributed by atoms with Crippen LogP contribution in [0.1, 0.15) is 43.2 Å². The first-order valence-electron chi connectivity index (χ1n) is 10.6. The van der Waals surface area contributed by atoms with Crippen LogP contribution >= 0.6 is 10.6 Å². The summed E-state index contributed by atoms with van der Waals surface area (Å²) in [7, 11) is -3.19. The number of carbonyl (C=O) groups excluding carboxylic acids is 1. The van der Waals surface area contributed by atoms with Crippen molar-refractivity contribution in [2.24, 2.45) is 10.7 Å². The number of rotatable bonds is 4. The van der Waals surface area contributed by atoms with Crippen molar-refractivity contribution in [2.45, 2.75) is 42.7 Å². The molecular formula is C23H27N5O5S. The number of ether oxygens (including phenoxy) is 2. The quantitative estimate of drug-likeness (QED) is 0.482. The molecule has 3 heterocycles. The molecule has 0 spiro atoms. The summed E-state index contributed by atoms with van der Waals surface area (Å²) in [5.74, 6) is 2.76. The number of nitrogens with two attached hydrogens (primary N) is 1. The third kappa shape index (κ3) is 3.83. The normalized spacial score (nSPS) is 25.2. The van der Waals surface area contributed by atoms with E-state index in [0.29, 0.717) is 30.0 Å². The zero-order valence-electron chi connectivity index (χ0n) is 19.1. The summed E-state index contributed by atoms with van der Waals surface area (Å²) in [6, 6.07) is 5.13. The lowest BCUT2D eigenvalue weighted by molar-refractivity contribution is 0.102. The summed E-state index contributed by atoms with van der Waals surface area (Å²) in [6.07, 6.45) is 8.14. The second-order valence-electron chi connectivity index (χ2n) is 8.77. The van der Waals surface area contributed by atoms with Gasteiger partial charge in [-0.05, 0) is 39.0 Å². The smallest absolute Gasteiger partial charge is 0.275 e. The standard InChI is InChI=1S/C23H27N5O5S/c1-5-9-33-19-13-25-16(12-26-19)20(29)27-14-6-7-17-15(11-14)23(4)18(8-10-32-17)34(30,31)22(2,3)21(24)28-23/h1,6-7,11-13,18,30-31H,8-10H2,2-4H3,(H2,24,28)(H,27,29)/t18-,23-/m1/s1. The topological polar surface area (TPSA) is 152 Å². The number of benzene rings is 1. The highest BCUT2D eigenvalue weighted by Gasteiger charge is 2.57. The maximum absolute atomic E-state index is 12.7. The number of aliphatic imine (C=N–C) groups is 1. The number of nitrogens with zero attached hydrogens (tertiary/aromatic N) is 3. The van der Waals surface area contributed by atoms with Crippen LogP contribution in [0, 0.1) is 12.3 Å². The molecule has 10 nitrogen and oxygen atoms in total. The van der Waals surface area contributed by atoms with Gasteiger partial charge in [-0.25, -0.2) is 9.97 Å². The molecule has 0 saturated carbocycles. The van der Waals surface area contributed by atoms with Gasteiger partial charge in [0.15, 0.2) is 6.61 Å². The molecule has 0 fully saturated rings. The lowest BCUT2D eigenvalue weighted by atomic mass is 9.86. The van der Waals surface area contributed by atoms with Crippen LogP contribution < -0.4 is 20.5 Å². The van der Waals surface area contributed by atoms with Crippen LogP contribution in [0.4, 0.5) is 5.69 Å². The minimum Gasteiger partial charge on any atom is -0.493 e. The molecule has 0 aliphatic carbocycles. The highest BCUT2D eigenvalue weighted by atomic mass is 32.3. The summed E-state index contributed by atoms with van der Waals surface area (Å²) in [5, 5.41) is 2.17. The molecule has 2 atom stereocenters. The molecule has 0 bridgehead atoms. The largest absolute Gasteiger partial charge is 0.493 e. The number of amidine groups is 1. The molecule has 34 heavy (non-hydrogen) atoms. The van der Waals surface area contributed by atoms with E-state index in [0.717, 1.165) is 0 Å². The van der Waals surface area contributed by atoms with Gasteiger partial charge < -0.3 is 20.5 Å². The van der Waals surface area contributed by atoms with E-state index in [4.69, 9.17) is 26.6 Å². The number of nitrogens with one attached hydrogen (secondary N) is 1. The van der Waals surface area contributed by atoms with E-state index < -0.39 is 32.0 Å². The van der Waals surface area contributed by atoms with Crippen molar-refractivity contribution in [3.63, 3.8) is 0 Å². The molecule has 1 amide bonds. The summed E-state index contributed by atoms with van der Waals surface area (Å²) in [4.78, 5) is 25.6. The molecule has 11 heteroatoms. The van der Waals surface area contributed by atoms with Gasteiger partial charge in [-0.1, -0.05) is 5.92 Å². The summed E-state index contributed by atoms with van der Waals surface area (Å²) < 4.78 is 32.5. The Morgan fingerprint density at radius 2 is 2.12 bits per heavy atom. The first kappa shape index (κ1) is 23.8. The van der Waals surface area contributed by atoms with Crippen molar-refractivity contribution in [1.82, 2.24) is 9.97 Å². The highest BCUT2D eigenvalue weighted by Crippen LogP contribution is 2.66. The summed E-state index contributed by atoms with van der Waals surface area (Å²) in [5.41, 5.74) is 6.32. The van der Waals surface area contributed by atoms with Crippen LogP contribution in [0.2, 0.25) is 0 Å². The Hall–Kier alpha value is -3.33. The lowest BCUT2D eigenvalue weighted by Gasteiger charge is -2.58.